The minimum absolute atomic E-state index is 0.101. The first kappa shape index (κ1) is 14.3. The van der Waals surface area contributed by atoms with E-state index < -0.39 is 12.1 Å². The molecule has 1 aliphatic heterocycles. The average molecular weight is 278 g/mol. The summed E-state index contributed by atoms with van der Waals surface area (Å²) >= 11 is 0. The second-order valence-electron chi connectivity index (χ2n) is 4.60. The van der Waals surface area contributed by atoms with Crippen molar-refractivity contribution < 1.29 is 19.1 Å². The Kier molecular flexibility index (Phi) is 4.92. The van der Waals surface area contributed by atoms with Gasteiger partial charge < -0.3 is 9.47 Å². The third-order valence-corrected chi connectivity index (χ3v) is 3.28. The Balaban J connectivity index is 1.94. The molecule has 1 amide bonds. The van der Waals surface area contributed by atoms with Crippen molar-refractivity contribution in [3.05, 3.63) is 30.1 Å². The van der Waals surface area contributed by atoms with Crippen LogP contribution in [0.3, 0.4) is 0 Å². The van der Waals surface area contributed by atoms with E-state index in [1.54, 1.807) is 18.3 Å². The van der Waals surface area contributed by atoms with Crippen LogP contribution in [-0.2, 0) is 20.9 Å². The molecular formula is C14H18N2O4. The maximum Gasteiger partial charge on any atom is 0.410 e. The molecule has 0 aromatic carbocycles. The van der Waals surface area contributed by atoms with E-state index >= 15 is 0 Å². The molecule has 1 atom stereocenters. The van der Waals surface area contributed by atoms with Crippen LogP contribution >= 0.6 is 0 Å². The Morgan fingerprint density at radius 3 is 2.95 bits per heavy atom. The fourth-order valence-electron chi connectivity index (χ4n) is 2.23. The number of rotatable bonds is 3. The molecule has 0 saturated carbocycles. The highest BCUT2D eigenvalue weighted by atomic mass is 16.6. The number of hydrogen-bond acceptors (Lipinski definition) is 5. The van der Waals surface area contributed by atoms with Crippen molar-refractivity contribution in [1.29, 1.82) is 0 Å². The Labute approximate surface area is 117 Å². The van der Waals surface area contributed by atoms with Crippen LogP contribution in [0.4, 0.5) is 4.79 Å². The lowest BCUT2D eigenvalue weighted by Gasteiger charge is -2.32. The molecule has 2 rings (SSSR count). The fraction of sp³-hybridized carbons (Fsp3) is 0.500. The molecule has 0 bridgehead atoms. The highest BCUT2D eigenvalue weighted by molar-refractivity contribution is 5.81. The van der Waals surface area contributed by atoms with Gasteiger partial charge in [-0.1, -0.05) is 6.07 Å². The van der Waals surface area contributed by atoms with E-state index in [4.69, 9.17) is 9.47 Å². The lowest BCUT2D eigenvalue weighted by atomic mass is 10.0. The molecule has 6 heteroatoms. The second kappa shape index (κ2) is 6.88. The summed E-state index contributed by atoms with van der Waals surface area (Å²) in [6.07, 6.45) is 3.54. The van der Waals surface area contributed by atoms with Crippen molar-refractivity contribution in [2.24, 2.45) is 0 Å². The summed E-state index contributed by atoms with van der Waals surface area (Å²) in [6, 6.07) is 4.86. The minimum atomic E-state index is -0.537. The number of hydrogen-bond donors (Lipinski definition) is 0. The second-order valence-corrected chi connectivity index (χ2v) is 4.60. The van der Waals surface area contributed by atoms with E-state index in [9.17, 15) is 9.59 Å². The normalized spacial score (nSPS) is 18.4. The van der Waals surface area contributed by atoms with Crippen molar-refractivity contribution in [2.75, 3.05) is 13.7 Å². The summed E-state index contributed by atoms with van der Waals surface area (Å²) < 4.78 is 9.94. The summed E-state index contributed by atoms with van der Waals surface area (Å²) in [6.45, 7) is 0.616. The molecule has 1 fully saturated rings. The molecule has 6 nitrogen and oxygen atoms in total. The van der Waals surface area contributed by atoms with Crippen molar-refractivity contribution in [3.63, 3.8) is 0 Å². The van der Waals surface area contributed by atoms with E-state index in [0.717, 1.165) is 12.8 Å². The van der Waals surface area contributed by atoms with Crippen LogP contribution in [0.2, 0.25) is 0 Å². The minimum Gasteiger partial charge on any atom is -0.467 e. The smallest absolute Gasteiger partial charge is 0.410 e. The van der Waals surface area contributed by atoms with Gasteiger partial charge in [-0.3, -0.25) is 9.88 Å². The van der Waals surface area contributed by atoms with Crippen LogP contribution in [-0.4, -0.2) is 41.6 Å². The van der Waals surface area contributed by atoms with Gasteiger partial charge in [-0.05, 0) is 31.4 Å². The number of carbonyl (C=O) groups excluding carboxylic acids is 2. The lowest BCUT2D eigenvalue weighted by Crippen LogP contribution is -2.48. The van der Waals surface area contributed by atoms with E-state index in [1.165, 1.54) is 12.0 Å². The number of esters is 1. The third kappa shape index (κ3) is 3.46. The topological polar surface area (TPSA) is 68.7 Å². The molecule has 0 radical (unpaired) electrons. The standard InChI is InChI=1S/C14H18N2O4/c1-19-13(17)12-7-3-5-9-16(12)14(18)20-10-11-6-2-4-8-15-11/h2,4,6,8,12H,3,5,7,9-10H2,1H3. The lowest BCUT2D eigenvalue weighted by molar-refractivity contribution is -0.147. The van der Waals surface area contributed by atoms with Crippen LogP contribution < -0.4 is 0 Å². The Bertz CT molecular complexity index is 464. The highest BCUT2D eigenvalue weighted by Gasteiger charge is 2.33. The molecule has 0 spiro atoms. The maximum absolute atomic E-state index is 12.1. The summed E-state index contributed by atoms with van der Waals surface area (Å²) in [5.41, 5.74) is 0.674. The van der Waals surface area contributed by atoms with Gasteiger partial charge in [0.1, 0.15) is 12.6 Å². The first-order valence-electron chi connectivity index (χ1n) is 6.63. The predicted molar refractivity (Wildman–Crippen MR) is 70.8 cm³/mol. The van der Waals surface area contributed by atoms with Crippen LogP contribution in [0.1, 0.15) is 25.0 Å². The summed E-state index contributed by atoms with van der Waals surface area (Å²) in [5, 5.41) is 0. The number of ether oxygens (including phenoxy) is 2. The Hall–Kier alpha value is -2.11. The zero-order valence-electron chi connectivity index (χ0n) is 11.4. The molecule has 2 heterocycles. The van der Waals surface area contributed by atoms with E-state index in [2.05, 4.69) is 4.98 Å². The first-order chi connectivity index (χ1) is 9.72. The molecule has 0 aliphatic carbocycles. The van der Waals surface area contributed by atoms with Crippen LogP contribution in [0, 0.1) is 0 Å². The van der Waals surface area contributed by atoms with Gasteiger partial charge in [-0.2, -0.15) is 0 Å². The van der Waals surface area contributed by atoms with Gasteiger partial charge in [0.15, 0.2) is 0 Å². The van der Waals surface area contributed by atoms with Gasteiger partial charge in [0.05, 0.1) is 12.8 Å². The van der Waals surface area contributed by atoms with E-state index in [1.807, 2.05) is 6.07 Å². The van der Waals surface area contributed by atoms with E-state index in [0.29, 0.717) is 18.7 Å². The van der Waals surface area contributed by atoms with Crippen molar-refractivity contribution in [3.8, 4) is 0 Å². The van der Waals surface area contributed by atoms with Crippen molar-refractivity contribution in [1.82, 2.24) is 9.88 Å². The third-order valence-electron chi connectivity index (χ3n) is 3.28. The van der Waals surface area contributed by atoms with Crippen molar-refractivity contribution in [2.45, 2.75) is 31.9 Å². The number of nitrogens with zero attached hydrogens (tertiary/aromatic N) is 2. The van der Waals surface area contributed by atoms with Crippen LogP contribution in [0.5, 0.6) is 0 Å². The molecule has 0 N–H and O–H groups in total. The number of methoxy groups -OCH3 is 1. The van der Waals surface area contributed by atoms with Crippen LogP contribution in [0.25, 0.3) is 0 Å². The fourth-order valence-corrected chi connectivity index (χ4v) is 2.23. The average Bonchev–Trinajstić information content (AvgIpc) is 2.52. The van der Waals surface area contributed by atoms with Gasteiger partial charge >= 0.3 is 12.1 Å². The van der Waals surface area contributed by atoms with Gasteiger partial charge in [-0.25, -0.2) is 9.59 Å². The molecule has 1 aromatic rings. The molecule has 1 aliphatic rings. The quantitative estimate of drug-likeness (QED) is 0.788. The molecule has 1 unspecified atom stereocenters. The monoisotopic (exact) mass is 278 g/mol. The molecular weight excluding hydrogens is 260 g/mol. The maximum atomic E-state index is 12.1. The predicted octanol–water partition coefficient (Wildman–Crippen LogP) is 1.75. The highest BCUT2D eigenvalue weighted by Crippen LogP contribution is 2.19. The van der Waals surface area contributed by atoms with Crippen LogP contribution in [0.15, 0.2) is 24.4 Å². The number of aromatic nitrogens is 1. The van der Waals surface area contributed by atoms with Gasteiger partial charge in [-0.15, -0.1) is 0 Å². The number of likely N-dealkylation sites (tertiary alicyclic amines) is 1. The summed E-state index contributed by atoms with van der Waals surface area (Å²) in [4.78, 5) is 29.3. The first-order valence-corrected chi connectivity index (χ1v) is 6.63. The van der Waals surface area contributed by atoms with Crippen molar-refractivity contribution >= 4 is 12.1 Å². The number of pyridine rings is 1. The van der Waals surface area contributed by atoms with Gasteiger partial charge in [0.25, 0.3) is 0 Å². The number of piperidine rings is 1. The SMILES string of the molecule is COC(=O)C1CCCCN1C(=O)OCc1ccccn1. The zero-order valence-corrected chi connectivity index (χ0v) is 11.4. The summed E-state index contributed by atoms with van der Waals surface area (Å²) in [5.74, 6) is -0.389. The molecule has 1 aromatic heterocycles. The molecule has 108 valence electrons. The Morgan fingerprint density at radius 1 is 1.40 bits per heavy atom. The van der Waals surface area contributed by atoms with Gasteiger partial charge in [0, 0.05) is 12.7 Å². The number of amides is 1. The Morgan fingerprint density at radius 2 is 2.25 bits per heavy atom. The molecule has 20 heavy (non-hydrogen) atoms. The summed E-state index contributed by atoms with van der Waals surface area (Å²) in [7, 11) is 1.33. The zero-order chi connectivity index (χ0) is 14.4. The van der Waals surface area contributed by atoms with E-state index in [-0.39, 0.29) is 12.6 Å². The molecule has 1 saturated heterocycles. The van der Waals surface area contributed by atoms with Gasteiger partial charge in [0.2, 0.25) is 0 Å². The number of carbonyl (C=O) groups is 2. The largest absolute Gasteiger partial charge is 0.467 e.